The van der Waals surface area contributed by atoms with Crippen molar-refractivity contribution < 1.29 is 28.6 Å². The Labute approximate surface area is 233 Å². The van der Waals surface area contributed by atoms with E-state index in [4.69, 9.17) is 37.4 Å². The van der Waals surface area contributed by atoms with E-state index in [0.29, 0.717) is 21.4 Å². The maximum atomic E-state index is 12.8. The Morgan fingerprint density at radius 2 is 1.33 bits per heavy atom. The van der Waals surface area contributed by atoms with Gasteiger partial charge in [0.25, 0.3) is 5.91 Å². The Morgan fingerprint density at radius 3 is 1.95 bits per heavy atom. The summed E-state index contributed by atoms with van der Waals surface area (Å²) < 4.78 is 16.2. The average Bonchev–Trinajstić information content (AvgIpc) is 2.94. The number of benzene rings is 4. The van der Waals surface area contributed by atoms with Crippen molar-refractivity contribution in [1.82, 2.24) is 5.43 Å². The van der Waals surface area contributed by atoms with Crippen LogP contribution in [0.5, 0.6) is 17.2 Å². The van der Waals surface area contributed by atoms with E-state index in [-0.39, 0.29) is 28.2 Å². The second kappa shape index (κ2) is 12.7. The molecule has 0 saturated heterocycles. The van der Waals surface area contributed by atoms with Crippen molar-refractivity contribution in [1.29, 1.82) is 0 Å². The number of hydrogen-bond donors (Lipinski definition) is 1. The van der Waals surface area contributed by atoms with Gasteiger partial charge in [0.15, 0.2) is 0 Å². The summed E-state index contributed by atoms with van der Waals surface area (Å²) in [5, 5.41) is 4.92. The van der Waals surface area contributed by atoms with Crippen molar-refractivity contribution in [2.45, 2.75) is 0 Å². The van der Waals surface area contributed by atoms with E-state index in [1.807, 2.05) is 0 Å². The topological polar surface area (TPSA) is 103 Å². The Morgan fingerprint density at radius 1 is 0.744 bits per heavy atom. The number of amides is 1. The van der Waals surface area contributed by atoms with E-state index in [9.17, 15) is 14.4 Å². The number of nitrogens with one attached hydrogen (secondary N) is 1. The first-order valence-electron chi connectivity index (χ1n) is 11.4. The average molecular weight is 563 g/mol. The van der Waals surface area contributed by atoms with E-state index in [2.05, 4.69) is 10.5 Å². The molecule has 0 unspecified atom stereocenters. The first-order valence-corrected chi connectivity index (χ1v) is 12.2. The molecule has 196 valence electrons. The predicted octanol–water partition coefficient (Wildman–Crippen LogP) is 6.20. The second-order valence-electron chi connectivity index (χ2n) is 7.89. The summed E-state index contributed by atoms with van der Waals surface area (Å²) in [6.45, 7) is 0. The minimum atomic E-state index is -0.680. The fourth-order valence-electron chi connectivity index (χ4n) is 3.32. The van der Waals surface area contributed by atoms with Gasteiger partial charge in [0, 0.05) is 21.7 Å². The summed E-state index contributed by atoms with van der Waals surface area (Å²) in [4.78, 5) is 37.9. The summed E-state index contributed by atoms with van der Waals surface area (Å²) >= 11 is 11.8. The number of esters is 2. The molecule has 4 aromatic carbocycles. The molecule has 0 spiro atoms. The molecule has 0 aromatic heterocycles. The van der Waals surface area contributed by atoms with Crippen LogP contribution in [0.1, 0.15) is 36.6 Å². The van der Waals surface area contributed by atoms with Gasteiger partial charge in [-0.05, 0) is 72.8 Å². The molecule has 0 heterocycles. The molecule has 0 bridgehead atoms. The third-order valence-electron chi connectivity index (χ3n) is 5.28. The fraction of sp³-hybridized carbons (Fsp3) is 0.0345. The molecule has 0 aliphatic heterocycles. The van der Waals surface area contributed by atoms with E-state index in [1.54, 1.807) is 48.5 Å². The molecule has 8 nitrogen and oxygen atoms in total. The number of carbonyl (C=O) groups is 3. The molecule has 0 radical (unpaired) electrons. The van der Waals surface area contributed by atoms with Crippen LogP contribution in [0.3, 0.4) is 0 Å². The molecule has 0 aliphatic carbocycles. The highest BCUT2D eigenvalue weighted by Gasteiger charge is 2.16. The van der Waals surface area contributed by atoms with Gasteiger partial charge < -0.3 is 14.2 Å². The monoisotopic (exact) mass is 562 g/mol. The second-order valence-corrected chi connectivity index (χ2v) is 8.76. The molecule has 4 aromatic rings. The van der Waals surface area contributed by atoms with Crippen LogP contribution in [-0.2, 0) is 0 Å². The molecular formula is C29H20Cl2N2O6. The number of para-hydroxylation sites is 1. The normalized spacial score (nSPS) is 10.6. The van der Waals surface area contributed by atoms with Crippen LogP contribution >= 0.6 is 23.2 Å². The van der Waals surface area contributed by atoms with Gasteiger partial charge in [-0.2, -0.15) is 5.10 Å². The summed E-state index contributed by atoms with van der Waals surface area (Å²) in [7, 11) is 1.46. The van der Waals surface area contributed by atoms with Crippen molar-refractivity contribution in [3.8, 4) is 17.2 Å². The number of hydrogen-bond acceptors (Lipinski definition) is 7. The van der Waals surface area contributed by atoms with Crippen molar-refractivity contribution in [3.05, 3.63) is 123 Å². The van der Waals surface area contributed by atoms with E-state index in [1.165, 1.54) is 55.8 Å². The number of ether oxygens (including phenoxy) is 3. The quantitative estimate of drug-likeness (QED) is 0.118. The summed E-state index contributed by atoms with van der Waals surface area (Å²) in [6, 6.07) is 23.4. The molecule has 0 atom stereocenters. The third-order valence-corrected chi connectivity index (χ3v) is 5.78. The van der Waals surface area contributed by atoms with Crippen molar-refractivity contribution in [2.75, 3.05) is 7.11 Å². The first kappa shape index (κ1) is 27.4. The van der Waals surface area contributed by atoms with Crippen LogP contribution in [0.2, 0.25) is 10.0 Å². The van der Waals surface area contributed by atoms with Crippen molar-refractivity contribution in [3.63, 3.8) is 0 Å². The molecular weight excluding hydrogens is 543 g/mol. The van der Waals surface area contributed by atoms with E-state index >= 15 is 0 Å². The molecule has 10 heteroatoms. The maximum Gasteiger partial charge on any atom is 0.343 e. The van der Waals surface area contributed by atoms with E-state index < -0.39 is 17.8 Å². The van der Waals surface area contributed by atoms with Gasteiger partial charge >= 0.3 is 11.9 Å². The van der Waals surface area contributed by atoms with Gasteiger partial charge in [0.2, 0.25) is 0 Å². The Hall–Kier alpha value is -4.66. The Kier molecular flexibility index (Phi) is 8.94. The van der Waals surface area contributed by atoms with Gasteiger partial charge in [-0.1, -0.05) is 35.3 Å². The van der Waals surface area contributed by atoms with Crippen LogP contribution in [0, 0.1) is 0 Å². The highest BCUT2D eigenvalue weighted by atomic mass is 35.5. The van der Waals surface area contributed by atoms with Crippen LogP contribution in [0.25, 0.3) is 0 Å². The van der Waals surface area contributed by atoms with Gasteiger partial charge in [-0.15, -0.1) is 0 Å². The maximum absolute atomic E-state index is 12.8. The van der Waals surface area contributed by atoms with Crippen LogP contribution in [0.15, 0.2) is 96.1 Å². The number of carbonyl (C=O) groups excluding carboxylic acids is 3. The lowest BCUT2D eigenvalue weighted by Gasteiger charge is -2.11. The SMILES string of the molecule is COc1ccccc1C(=O)N/N=C/c1ccc(OC(=O)c2ccc(Cl)cc2)cc1OC(=O)c1ccc(Cl)cc1. The minimum Gasteiger partial charge on any atom is -0.496 e. The zero-order valence-corrected chi connectivity index (χ0v) is 21.9. The van der Waals surface area contributed by atoms with Gasteiger partial charge in [0.1, 0.15) is 17.2 Å². The highest BCUT2D eigenvalue weighted by Crippen LogP contribution is 2.26. The Bertz CT molecular complexity index is 1540. The van der Waals surface area contributed by atoms with Crippen molar-refractivity contribution in [2.24, 2.45) is 5.10 Å². The zero-order valence-electron chi connectivity index (χ0n) is 20.4. The minimum absolute atomic E-state index is 0.0339. The molecule has 0 fully saturated rings. The molecule has 0 aliphatic rings. The summed E-state index contributed by atoms with van der Waals surface area (Å²) in [6.07, 6.45) is 1.29. The molecule has 39 heavy (non-hydrogen) atoms. The summed E-state index contributed by atoms with van der Waals surface area (Å²) in [5.74, 6) is -1.28. The molecule has 4 rings (SSSR count). The fourth-order valence-corrected chi connectivity index (χ4v) is 3.57. The predicted molar refractivity (Wildman–Crippen MR) is 147 cm³/mol. The van der Waals surface area contributed by atoms with Crippen molar-refractivity contribution >= 4 is 47.3 Å². The first-order chi connectivity index (χ1) is 18.8. The number of halogens is 2. The number of hydrazone groups is 1. The Balaban J connectivity index is 1.57. The molecule has 1 N–H and O–H groups in total. The van der Waals surface area contributed by atoms with Crippen LogP contribution in [0.4, 0.5) is 0 Å². The lowest BCUT2D eigenvalue weighted by Crippen LogP contribution is -2.18. The molecule has 1 amide bonds. The van der Waals surface area contributed by atoms with E-state index in [0.717, 1.165) is 0 Å². The third kappa shape index (κ3) is 7.22. The largest absolute Gasteiger partial charge is 0.496 e. The zero-order chi connectivity index (χ0) is 27.8. The van der Waals surface area contributed by atoms with Gasteiger partial charge in [-0.25, -0.2) is 15.0 Å². The highest BCUT2D eigenvalue weighted by molar-refractivity contribution is 6.31. The van der Waals surface area contributed by atoms with Crippen LogP contribution in [-0.4, -0.2) is 31.2 Å². The van der Waals surface area contributed by atoms with Gasteiger partial charge in [0.05, 0.1) is 30.0 Å². The lowest BCUT2D eigenvalue weighted by molar-refractivity contribution is 0.0732. The molecule has 0 saturated carbocycles. The van der Waals surface area contributed by atoms with Crippen LogP contribution < -0.4 is 19.6 Å². The number of nitrogens with zero attached hydrogens (tertiary/aromatic N) is 1. The smallest absolute Gasteiger partial charge is 0.343 e. The summed E-state index contributed by atoms with van der Waals surface area (Å²) in [5.41, 5.74) is 3.55. The number of rotatable bonds is 8. The van der Waals surface area contributed by atoms with Gasteiger partial charge in [-0.3, -0.25) is 4.79 Å². The lowest BCUT2D eigenvalue weighted by atomic mass is 10.2. The standard InChI is InChI=1S/C29H20Cl2N2O6/c1-37-25-5-3-2-4-24(25)27(34)33-32-17-20-10-15-23(38-28(35)18-6-11-21(30)12-7-18)16-26(20)39-29(36)19-8-13-22(31)14-9-19/h2-17H,1H3,(H,33,34)/b32-17+. The number of methoxy groups -OCH3 is 1.